The highest BCUT2D eigenvalue weighted by Crippen LogP contribution is 2.29. The number of rotatable bonds is 4. The summed E-state index contributed by atoms with van der Waals surface area (Å²) in [5.74, 6) is -0.191. The molecule has 0 fully saturated rings. The zero-order valence-corrected chi connectivity index (χ0v) is 10.2. The molecule has 4 N–H and O–H groups in total. The lowest BCUT2D eigenvalue weighted by molar-refractivity contribution is 0.322. The van der Waals surface area contributed by atoms with Gasteiger partial charge in [0.2, 0.25) is 0 Å². The van der Waals surface area contributed by atoms with E-state index in [4.69, 9.17) is 16.2 Å². The normalized spacial score (nSPS) is 10.3. The van der Waals surface area contributed by atoms with Crippen LogP contribution in [0.1, 0.15) is 5.56 Å². The molecule has 15 heavy (non-hydrogen) atoms. The molecule has 3 nitrogen and oxygen atoms in total. The molecule has 0 unspecified atom stereocenters. The maximum absolute atomic E-state index is 13.6. The second-order valence-electron chi connectivity index (χ2n) is 2.72. The van der Waals surface area contributed by atoms with Gasteiger partial charge in [-0.25, -0.2) is 4.39 Å². The molecular formula is C9H10BrFN2OS. The smallest absolute Gasteiger partial charge is 0.151 e. The molecular weight excluding hydrogens is 283 g/mol. The molecule has 0 aliphatic rings. The van der Waals surface area contributed by atoms with Crippen molar-refractivity contribution >= 4 is 33.5 Å². The second-order valence-corrected chi connectivity index (χ2v) is 4.65. The molecule has 0 spiro atoms. The molecule has 0 aromatic heterocycles. The first kappa shape index (κ1) is 12.5. The molecule has 82 valence electrons. The third-order valence-electron chi connectivity index (χ3n) is 1.69. The molecule has 1 aromatic carbocycles. The van der Waals surface area contributed by atoms with Gasteiger partial charge < -0.3 is 10.8 Å². The fourth-order valence-electron chi connectivity index (χ4n) is 1.01. The minimum absolute atomic E-state index is 0.00378. The Morgan fingerprint density at radius 2 is 2.27 bits per heavy atom. The summed E-state index contributed by atoms with van der Waals surface area (Å²) < 4.78 is 13.8. The van der Waals surface area contributed by atoms with Gasteiger partial charge in [0.05, 0.1) is 11.1 Å². The highest BCUT2D eigenvalue weighted by atomic mass is 79.9. The second kappa shape index (κ2) is 5.48. The van der Waals surface area contributed by atoms with Crippen LogP contribution in [-0.2, 0) is 0 Å². The van der Waals surface area contributed by atoms with Crippen LogP contribution in [0.5, 0.6) is 0 Å². The Kier molecular flexibility index (Phi) is 4.56. The monoisotopic (exact) mass is 292 g/mol. The van der Waals surface area contributed by atoms with Crippen molar-refractivity contribution < 1.29 is 9.50 Å². The third kappa shape index (κ3) is 2.93. The first-order valence-electron chi connectivity index (χ1n) is 4.14. The summed E-state index contributed by atoms with van der Waals surface area (Å²) in [7, 11) is 0. The third-order valence-corrected chi connectivity index (χ3v) is 3.47. The number of nitrogens with two attached hydrogens (primary N) is 1. The van der Waals surface area contributed by atoms with Gasteiger partial charge in [0.1, 0.15) is 5.84 Å². The molecule has 0 bridgehead atoms. The molecule has 0 aliphatic carbocycles. The Hall–Kier alpha value is -0.590. The van der Waals surface area contributed by atoms with E-state index in [0.29, 0.717) is 16.2 Å². The molecule has 1 rings (SSSR count). The SMILES string of the molecule is N=C(N)c1ccc(SCCO)c(F)c1Br. The van der Waals surface area contributed by atoms with E-state index in [1.165, 1.54) is 11.8 Å². The number of aliphatic hydroxyl groups is 1. The summed E-state index contributed by atoms with van der Waals surface area (Å²) in [5, 5.41) is 15.8. The lowest BCUT2D eigenvalue weighted by Crippen LogP contribution is -2.12. The number of thioether (sulfide) groups is 1. The number of hydrogen-bond donors (Lipinski definition) is 3. The van der Waals surface area contributed by atoms with Gasteiger partial charge in [0.15, 0.2) is 5.82 Å². The Labute approximate surface area is 99.5 Å². The minimum Gasteiger partial charge on any atom is -0.396 e. The highest BCUT2D eigenvalue weighted by Gasteiger charge is 2.12. The molecule has 0 amide bonds. The molecule has 0 radical (unpaired) electrons. The predicted octanol–water partition coefficient (Wildman–Crippen LogP) is 1.96. The number of nitrogens with one attached hydrogen (secondary N) is 1. The van der Waals surface area contributed by atoms with E-state index >= 15 is 0 Å². The summed E-state index contributed by atoms with van der Waals surface area (Å²) in [6.45, 7) is -0.00378. The largest absolute Gasteiger partial charge is 0.396 e. The van der Waals surface area contributed by atoms with Crippen LogP contribution in [0.4, 0.5) is 4.39 Å². The minimum atomic E-state index is -0.443. The average molecular weight is 293 g/mol. The van der Waals surface area contributed by atoms with Crippen molar-refractivity contribution in [3.05, 3.63) is 28.0 Å². The van der Waals surface area contributed by atoms with Crippen molar-refractivity contribution in [2.24, 2.45) is 5.73 Å². The fourth-order valence-corrected chi connectivity index (χ4v) is 2.40. The summed E-state index contributed by atoms with van der Waals surface area (Å²) in [6, 6.07) is 3.13. The van der Waals surface area contributed by atoms with Crippen molar-refractivity contribution in [3.63, 3.8) is 0 Å². The van der Waals surface area contributed by atoms with Crippen molar-refractivity contribution in [1.29, 1.82) is 5.41 Å². The summed E-state index contributed by atoms with van der Waals surface area (Å²) >= 11 is 4.27. The zero-order chi connectivity index (χ0) is 11.4. The van der Waals surface area contributed by atoms with E-state index in [9.17, 15) is 4.39 Å². The van der Waals surface area contributed by atoms with E-state index in [1.54, 1.807) is 12.1 Å². The summed E-state index contributed by atoms with van der Waals surface area (Å²) in [4.78, 5) is 0.431. The predicted molar refractivity (Wildman–Crippen MR) is 62.9 cm³/mol. The zero-order valence-electron chi connectivity index (χ0n) is 7.76. The van der Waals surface area contributed by atoms with E-state index in [-0.39, 0.29) is 16.9 Å². The standard InChI is InChI=1S/C9H10BrFN2OS/c10-7-5(9(12)13)1-2-6(8(7)11)15-4-3-14/h1-2,14H,3-4H2,(H3,12,13). The molecule has 1 aromatic rings. The number of aliphatic hydroxyl groups excluding tert-OH is 1. The van der Waals surface area contributed by atoms with Crippen molar-refractivity contribution in [3.8, 4) is 0 Å². The summed E-state index contributed by atoms with van der Waals surface area (Å²) in [5.41, 5.74) is 5.61. The van der Waals surface area contributed by atoms with E-state index < -0.39 is 5.82 Å². The average Bonchev–Trinajstić information content (AvgIpc) is 2.20. The Balaban J connectivity index is 3.04. The van der Waals surface area contributed by atoms with Gasteiger partial charge >= 0.3 is 0 Å². The van der Waals surface area contributed by atoms with Crippen LogP contribution in [0.15, 0.2) is 21.5 Å². The Morgan fingerprint density at radius 1 is 1.60 bits per heavy atom. The van der Waals surface area contributed by atoms with Gasteiger partial charge in [-0.15, -0.1) is 11.8 Å². The molecule has 0 aliphatic heterocycles. The quantitative estimate of drug-likeness (QED) is 0.451. The maximum atomic E-state index is 13.6. The van der Waals surface area contributed by atoms with Gasteiger partial charge in [-0.3, -0.25) is 5.41 Å². The lowest BCUT2D eigenvalue weighted by atomic mass is 10.2. The molecule has 6 heteroatoms. The maximum Gasteiger partial charge on any atom is 0.151 e. The van der Waals surface area contributed by atoms with Crippen LogP contribution in [0.2, 0.25) is 0 Å². The van der Waals surface area contributed by atoms with Gasteiger partial charge in [-0.2, -0.15) is 0 Å². The van der Waals surface area contributed by atoms with Gasteiger partial charge in [-0.05, 0) is 28.1 Å². The molecule has 0 heterocycles. The van der Waals surface area contributed by atoms with Crippen LogP contribution in [-0.4, -0.2) is 23.3 Å². The number of hydrogen-bond acceptors (Lipinski definition) is 3. The highest BCUT2D eigenvalue weighted by molar-refractivity contribution is 9.10. The van der Waals surface area contributed by atoms with Crippen LogP contribution in [0.3, 0.4) is 0 Å². The first-order valence-corrected chi connectivity index (χ1v) is 5.91. The number of amidine groups is 1. The van der Waals surface area contributed by atoms with E-state index in [0.717, 1.165) is 0 Å². The number of halogens is 2. The van der Waals surface area contributed by atoms with Crippen LogP contribution in [0.25, 0.3) is 0 Å². The number of nitrogen functional groups attached to an aromatic ring is 1. The van der Waals surface area contributed by atoms with Crippen molar-refractivity contribution in [1.82, 2.24) is 0 Å². The van der Waals surface area contributed by atoms with Crippen molar-refractivity contribution in [2.45, 2.75) is 4.90 Å². The Morgan fingerprint density at radius 3 is 2.80 bits per heavy atom. The van der Waals surface area contributed by atoms with Gasteiger partial charge in [-0.1, -0.05) is 0 Å². The fraction of sp³-hybridized carbons (Fsp3) is 0.222. The van der Waals surface area contributed by atoms with Crippen LogP contribution >= 0.6 is 27.7 Å². The lowest BCUT2D eigenvalue weighted by Gasteiger charge is -2.07. The van der Waals surface area contributed by atoms with Gasteiger partial charge in [0, 0.05) is 16.2 Å². The van der Waals surface area contributed by atoms with Gasteiger partial charge in [0.25, 0.3) is 0 Å². The van der Waals surface area contributed by atoms with Crippen molar-refractivity contribution in [2.75, 3.05) is 12.4 Å². The topological polar surface area (TPSA) is 70.1 Å². The summed E-state index contributed by atoms with van der Waals surface area (Å²) in [6.07, 6.45) is 0. The Bertz CT molecular complexity index is 387. The van der Waals surface area contributed by atoms with Crippen LogP contribution in [0, 0.1) is 11.2 Å². The first-order chi connectivity index (χ1) is 7.07. The van der Waals surface area contributed by atoms with E-state index in [1.807, 2.05) is 0 Å². The van der Waals surface area contributed by atoms with Crippen LogP contribution < -0.4 is 5.73 Å². The number of benzene rings is 1. The molecule has 0 atom stereocenters. The molecule has 0 saturated carbocycles. The molecule has 0 saturated heterocycles. The van der Waals surface area contributed by atoms with E-state index in [2.05, 4.69) is 15.9 Å².